The fourth-order valence-corrected chi connectivity index (χ4v) is 4.65. The monoisotopic (exact) mass is 359 g/mol. The maximum Gasteiger partial charge on any atom is 0.334 e. The Balaban J connectivity index is 1.59. The summed E-state index contributed by atoms with van der Waals surface area (Å²) in [5.74, 6) is 0.335. The lowest BCUT2D eigenvalue weighted by molar-refractivity contribution is -0.386. The van der Waals surface area contributed by atoms with Crippen molar-refractivity contribution in [3.8, 4) is 0 Å². The summed E-state index contributed by atoms with van der Waals surface area (Å²) in [7, 11) is 0. The van der Waals surface area contributed by atoms with E-state index in [1.54, 1.807) is 17.4 Å². The van der Waals surface area contributed by atoms with Crippen LogP contribution in [0.15, 0.2) is 34.4 Å². The molecule has 0 aromatic carbocycles. The third-order valence-corrected chi connectivity index (χ3v) is 5.92. The number of aromatic nitrogens is 1. The van der Waals surface area contributed by atoms with Gasteiger partial charge in [-0.15, -0.1) is 11.3 Å². The number of amides is 1. The van der Waals surface area contributed by atoms with Crippen molar-refractivity contribution in [3.63, 3.8) is 0 Å². The van der Waals surface area contributed by atoms with Gasteiger partial charge in [-0.2, -0.15) is 0 Å². The van der Waals surface area contributed by atoms with Gasteiger partial charge in [0.05, 0.1) is 11.3 Å². The lowest BCUT2D eigenvalue weighted by Crippen LogP contribution is -2.49. The number of pyridine rings is 1. The summed E-state index contributed by atoms with van der Waals surface area (Å²) in [5.41, 5.74) is -0.106. The second kappa shape index (κ2) is 6.11. The zero-order chi connectivity index (χ0) is 17.6. The van der Waals surface area contributed by atoms with E-state index in [1.165, 1.54) is 10.6 Å². The summed E-state index contributed by atoms with van der Waals surface area (Å²) in [6.45, 7) is 1.61. The molecule has 1 saturated heterocycles. The largest absolute Gasteiger partial charge is 0.341 e. The highest BCUT2D eigenvalue weighted by molar-refractivity contribution is 7.10. The van der Waals surface area contributed by atoms with E-state index < -0.39 is 10.5 Å². The molecule has 0 N–H and O–H groups in total. The number of hydrogen-bond acceptors (Lipinski definition) is 5. The van der Waals surface area contributed by atoms with E-state index in [1.807, 2.05) is 22.4 Å². The van der Waals surface area contributed by atoms with Gasteiger partial charge in [-0.1, -0.05) is 6.07 Å². The average Bonchev–Trinajstić information content (AvgIpc) is 3.08. The summed E-state index contributed by atoms with van der Waals surface area (Å²) < 4.78 is 1.54. The Morgan fingerprint density at radius 1 is 1.28 bits per heavy atom. The molecule has 2 aromatic heterocycles. The van der Waals surface area contributed by atoms with Gasteiger partial charge in [0.25, 0.3) is 0 Å². The molecule has 4 heterocycles. The molecule has 1 fully saturated rings. The third kappa shape index (κ3) is 2.86. The zero-order valence-corrected chi connectivity index (χ0v) is 14.3. The molecule has 4 rings (SSSR count). The molecule has 2 aliphatic rings. The van der Waals surface area contributed by atoms with Crippen LogP contribution in [-0.4, -0.2) is 33.4 Å². The van der Waals surface area contributed by atoms with E-state index in [-0.39, 0.29) is 23.4 Å². The summed E-state index contributed by atoms with van der Waals surface area (Å²) in [6, 6.07) is 6.86. The topological polar surface area (TPSA) is 85.5 Å². The molecule has 7 nitrogen and oxygen atoms in total. The van der Waals surface area contributed by atoms with Crippen molar-refractivity contribution < 1.29 is 9.72 Å². The van der Waals surface area contributed by atoms with Gasteiger partial charge in [0.15, 0.2) is 0 Å². The van der Waals surface area contributed by atoms with E-state index >= 15 is 0 Å². The van der Waals surface area contributed by atoms with Crippen molar-refractivity contribution in [2.75, 3.05) is 13.1 Å². The van der Waals surface area contributed by atoms with Crippen LogP contribution in [0.25, 0.3) is 0 Å². The molecule has 0 radical (unpaired) electrons. The first kappa shape index (κ1) is 16.0. The van der Waals surface area contributed by atoms with Gasteiger partial charge in [-0.05, 0) is 29.9 Å². The maximum atomic E-state index is 12.6. The fraction of sp³-hybridized carbons (Fsp3) is 0.412. The van der Waals surface area contributed by atoms with Crippen LogP contribution in [0.3, 0.4) is 0 Å². The van der Waals surface area contributed by atoms with Crippen LogP contribution >= 0.6 is 11.3 Å². The molecule has 0 unspecified atom stereocenters. The summed E-state index contributed by atoms with van der Waals surface area (Å²) in [6.07, 6.45) is 1.32. The van der Waals surface area contributed by atoms with Crippen molar-refractivity contribution in [2.45, 2.75) is 25.3 Å². The molecule has 2 aromatic rings. The molecule has 0 spiro atoms. The van der Waals surface area contributed by atoms with Gasteiger partial charge in [-0.25, -0.2) is 0 Å². The number of carbonyl (C=O) groups is 1. The number of hydrogen-bond donors (Lipinski definition) is 0. The lowest BCUT2D eigenvalue weighted by atomic mass is 9.83. The van der Waals surface area contributed by atoms with Gasteiger partial charge >= 0.3 is 11.2 Å². The number of likely N-dealkylation sites (tertiary alicyclic amines) is 1. The number of piperidine rings is 1. The minimum absolute atomic E-state index is 0.0632. The van der Waals surface area contributed by atoms with Crippen molar-refractivity contribution in [1.82, 2.24) is 9.47 Å². The van der Waals surface area contributed by atoms with E-state index in [4.69, 9.17) is 0 Å². The zero-order valence-electron chi connectivity index (χ0n) is 13.5. The second-order valence-electron chi connectivity index (χ2n) is 6.67. The van der Waals surface area contributed by atoms with E-state index in [0.29, 0.717) is 26.1 Å². The normalized spacial score (nSPS) is 21.7. The molecule has 2 bridgehead atoms. The highest BCUT2D eigenvalue weighted by Gasteiger charge is 2.37. The highest BCUT2D eigenvalue weighted by atomic mass is 32.1. The predicted octanol–water partition coefficient (Wildman–Crippen LogP) is 2.01. The van der Waals surface area contributed by atoms with Crippen molar-refractivity contribution >= 4 is 22.9 Å². The smallest absolute Gasteiger partial charge is 0.334 e. The van der Waals surface area contributed by atoms with E-state index in [2.05, 4.69) is 0 Å². The molecular weight excluding hydrogens is 342 g/mol. The maximum absolute atomic E-state index is 12.6. The van der Waals surface area contributed by atoms with Crippen LogP contribution in [0.4, 0.5) is 5.69 Å². The van der Waals surface area contributed by atoms with Gasteiger partial charge in [-0.3, -0.25) is 19.7 Å². The van der Waals surface area contributed by atoms with Crippen molar-refractivity contribution in [3.05, 3.63) is 60.7 Å². The van der Waals surface area contributed by atoms with Crippen molar-refractivity contribution in [2.24, 2.45) is 5.92 Å². The Labute approximate surface area is 147 Å². The third-order valence-electron chi connectivity index (χ3n) is 5.04. The van der Waals surface area contributed by atoms with E-state index in [0.717, 1.165) is 17.0 Å². The SMILES string of the molecule is O=C(Cc1cccs1)N1C[C@H]2C[C@H](C1)c1ccc([N+](=O)[O-])c(=O)n1C2. The highest BCUT2D eigenvalue weighted by Crippen LogP contribution is 2.35. The summed E-state index contributed by atoms with van der Waals surface area (Å²) >= 11 is 1.57. The minimum atomic E-state index is -0.628. The Bertz CT molecular complexity index is 890. The van der Waals surface area contributed by atoms with Gasteiger partial charge in [0.1, 0.15) is 0 Å². The predicted molar refractivity (Wildman–Crippen MR) is 92.8 cm³/mol. The van der Waals surface area contributed by atoms with Crippen LogP contribution in [0.1, 0.15) is 22.9 Å². The molecule has 0 saturated carbocycles. The number of nitrogens with zero attached hydrogens (tertiary/aromatic N) is 3. The first-order chi connectivity index (χ1) is 12.0. The van der Waals surface area contributed by atoms with Crippen LogP contribution in [-0.2, 0) is 17.8 Å². The summed E-state index contributed by atoms with van der Waals surface area (Å²) in [5, 5.41) is 12.9. The fourth-order valence-electron chi connectivity index (χ4n) is 3.95. The molecular formula is C17H17N3O4S. The number of nitro groups is 1. The first-order valence-corrected chi connectivity index (χ1v) is 9.09. The summed E-state index contributed by atoms with van der Waals surface area (Å²) in [4.78, 5) is 38.2. The van der Waals surface area contributed by atoms with Gasteiger partial charge < -0.3 is 9.47 Å². The van der Waals surface area contributed by atoms with Crippen LogP contribution in [0.5, 0.6) is 0 Å². The molecule has 2 atom stereocenters. The first-order valence-electron chi connectivity index (χ1n) is 8.21. The molecule has 2 aliphatic heterocycles. The Hall–Kier alpha value is -2.48. The molecule has 0 aliphatic carbocycles. The van der Waals surface area contributed by atoms with Crippen LogP contribution < -0.4 is 5.56 Å². The van der Waals surface area contributed by atoms with Gasteiger partial charge in [0.2, 0.25) is 5.91 Å². The molecule has 8 heteroatoms. The minimum Gasteiger partial charge on any atom is -0.341 e. The Morgan fingerprint density at radius 3 is 2.84 bits per heavy atom. The van der Waals surface area contributed by atoms with Gasteiger partial charge in [0, 0.05) is 42.2 Å². The van der Waals surface area contributed by atoms with Crippen LogP contribution in [0.2, 0.25) is 0 Å². The van der Waals surface area contributed by atoms with E-state index in [9.17, 15) is 19.7 Å². The number of thiophene rings is 1. The number of carbonyl (C=O) groups excluding carboxylic acids is 1. The number of rotatable bonds is 3. The molecule has 25 heavy (non-hydrogen) atoms. The Morgan fingerprint density at radius 2 is 2.12 bits per heavy atom. The molecule has 130 valence electrons. The lowest BCUT2D eigenvalue weighted by Gasteiger charge is -2.42. The Kier molecular flexibility index (Phi) is 3.91. The average molecular weight is 359 g/mol. The quantitative estimate of drug-likeness (QED) is 0.620. The van der Waals surface area contributed by atoms with Crippen molar-refractivity contribution in [1.29, 1.82) is 0 Å². The molecule has 1 amide bonds. The van der Waals surface area contributed by atoms with Crippen LogP contribution in [0, 0.1) is 16.0 Å². The standard InChI is InChI=1S/C17H17N3O4S/c21-16(7-13-2-1-5-25-13)18-8-11-6-12(10-18)14-3-4-15(20(23)24)17(22)19(14)9-11/h1-5,11-12H,6-10H2/t11-,12-/m1/s1. The number of fused-ring (bicyclic) bond motifs is 4. The second-order valence-corrected chi connectivity index (χ2v) is 7.70.